The lowest BCUT2D eigenvalue weighted by Crippen LogP contribution is -2.11. The molecule has 0 unspecified atom stereocenters. The molecule has 0 spiro atoms. The second-order valence-corrected chi connectivity index (χ2v) is 6.06. The molecule has 0 bridgehead atoms. The lowest BCUT2D eigenvalue weighted by Gasteiger charge is -2.07. The molecule has 29 heavy (non-hydrogen) atoms. The molecule has 0 saturated carbocycles. The zero-order chi connectivity index (χ0) is 20.1. The van der Waals surface area contributed by atoms with Crippen LogP contribution in [0.5, 0.6) is 17.4 Å². The van der Waals surface area contributed by atoms with Crippen LogP contribution in [0.25, 0.3) is 11.3 Å². The van der Waals surface area contributed by atoms with E-state index >= 15 is 0 Å². The highest BCUT2D eigenvalue weighted by Gasteiger charge is 2.14. The first kappa shape index (κ1) is 18.2. The van der Waals surface area contributed by atoms with Crippen LogP contribution in [0.3, 0.4) is 0 Å². The van der Waals surface area contributed by atoms with Gasteiger partial charge in [0.05, 0.1) is 19.0 Å². The molecule has 0 aliphatic carbocycles. The average molecular weight is 387 g/mol. The number of rotatable bonds is 6. The van der Waals surface area contributed by atoms with Crippen molar-refractivity contribution in [1.82, 2.24) is 10.1 Å². The van der Waals surface area contributed by atoms with E-state index in [1.54, 1.807) is 37.4 Å². The van der Waals surface area contributed by atoms with Gasteiger partial charge in [-0.25, -0.2) is 4.98 Å². The van der Waals surface area contributed by atoms with Crippen LogP contribution in [-0.4, -0.2) is 23.2 Å². The van der Waals surface area contributed by atoms with Gasteiger partial charge in [0.25, 0.3) is 5.91 Å². The lowest BCUT2D eigenvalue weighted by atomic mass is 10.1. The van der Waals surface area contributed by atoms with Crippen molar-refractivity contribution in [3.63, 3.8) is 0 Å². The van der Waals surface area contributed by atoms with Gasteiger partial charge in [0.2, 0.25) is 11.6 Å². The summed E-state index contributed by atoms with van der Waals surface area (Å²) in [5, 5.41) is 6.66. The number of ether oxygens (including phenoxy) is 2. The second-order valence-electron chi connectivity index (χ2n) is 6.06. The molecule has 0 saturated heterocycles. The molecule has 2 heterocycles. The van der Waals surface area contributed by atoms with E-state index in [9.17, 15) is 4.79 Å². The van der Waals surface area contributed by atoms with Crippen LogP contribution < -0.4 is 14.8 Å². The van der Waals surface area contributed by atoms with Gasteiger partial charge >= 0.3 is 0 Å². The van der Waals surface area contributed by atoms with Gasteiger partial charge in [0.1, 0.15) is 17.2 Å². The molecule has 7 heteroatoms. The molecular formula is C22H17N3O4. The van der Waals surface area contributed by atoms with Crippen molar-refractivity contribution < 1.29 is 18.8 Å². The van der Waals surface area contributed by atoms with Crippen LogP contribution in [0, 0.1) is 0 Å². The van der Waals surface area contributed by atoms with Crippen LogP contribution in [0.4, 0.5) is 5.69 Å². The van der Waals surface area contributed by atoms with E-state index in [0.717, 1.165) is 5.56 Å². The van der Waals surface area contributed by atoms with Crippen molar-refractivity contribution in [2.24, 2.45) is 0 Å². The van der Waals surface area contributed by atoms with Crippen molar-refractivity contribution in [1.29, 1.82) is 0 Å². The highest BCUT2D eigenvalue weighted by atomic mass is 16.5. The Hall–Kier alpha value is -4.13. The zero-order valence-electron chi connectivity index (χ0n) is 15.5. The SMILES string of the molecule is COc1cccc(Oc2ccc(NC(=O)c3cc(-c4ccccc4)no3)cn2)c1. The summed E-state index contributed by atoms with van der Waals surface area (Å²) < 4.78 is 16.0. The maximum absolute atomic E-state index is 12.4. The molecule has 1 N–H and O–H groups in total. The summed E-state index contributed by atoms with van der Waals surface area (Å²) in [6.07, 6.45) is 1.50. The first-order valence-corrected chi connectivity index (χ1v) is 8.83. The summed E-state index contributed by atoms with van der Waals surface area (Å²) in [7, 11) is 1.59. The predicted octanol–water partition coefficient (Wildman–Crippen LogP) is 4.79. The Balaban J connectivity index is 1.41. The molecule has 2 aromatic heterocycles. The third kappa shape index (κ3) is 4.41. The van der Waals surface area contributed by atoms with Gasteiger partial charge in [-0.2, -0.15) is 0 Å². The molecular weight excluding hydrogens is 370 g/mol. The first-order valence-electron chi connectivity index (χ1n) is 8.83. The molecule has 144 valence electrons. The standard InChI is InChI=1S/C22H17N3O4/c1-27-17-8-5-9-18(12-17)28-21-11-10-16(14-23-21)24-22(26)20-13-19(25-29-20)15-6-3-2-4-7-15/h2-14H,1H3,(H,24,26). The number of aromatic nitrogens is 2. The lowest BCUT2D eigenvalue weighted by molar-refractivity contribution is 0.0988. The first-order chi connectivity index (χ1) is 14.2. The number of carbonyl (C=O) groups excluding carboxylic acids is 1. The van der Waals surface area contributed by atoms with Gasteiger partial charge in [-0.3, -0.25) is 4.79 Å². The third-order valence-corrected chi connectivity index (χ3v) is 4.06. The highest BCUT2D eigenvalue weighted by molar-refractivity contribution is 6.02. The maximum atomic E-state index is 12.4. The number of anilines is 1. The normalized spacial score (nSPS) is 10.4. The van der Waals surface area contributed by atoms with Gasteiger partial charge in [0.15, 0.2) is 0 Å². The maximum Gasteiger partial charge on any atom is 0.294 e. The fraction of sp³-hybridized carbons (Fsp3) is 0.0455. The Bertz CT molecular complexity index is 1110. The number of amides is 1. The largest absolute Gasteiger partial charge is 0.497 e. The van der Waals surface area contributed by atoms with Gasteiger partial charge in [-0.1, -0.05) is 41.6 Å². The van der Waals surface area contributed by atoms with Crippen LogP contribution >= 0.6 is 0 Å². The molecule has 0 aliphatic rings. The Morgan fingerprint density at radius 2 is 1.79 bits per heavy atom. The monoisotopic (exact) mass is 387 g/mol. The summed E-state index contributed by atoms with van der Waals surface area (Å²) in [5.41, 5.74) is 1.97. The van der Waals surface area contributed by atoms with Crippen molar-refractivity contribution in [3.05, 3.63) is 84.8 Å². The molecule has 2 aromatic carbocycles. The van der Waals surface area contributed by atoms with Crippen LogP contribution in [0.1, 0.15) is 10.6 Å². The number of methoxy groups -OCH3 is 1. The number of hydrogen-bond acceptors (Lipinski definition) is 6. The fourth-order valence-electron chi connectivity index (χ4n) is 2.62. The molecule has 1 amide bonds. The summed E-state index contributed by atoms with van der Waals surface area (Å²) in [6.45, 7) is 0. The topological polar surface area (TPSA) is 86.5 Å². The molecule has 0 aliphatic heterocycles. The molecule has 0 fully saturated rings. The van der Waals surface area contributed by atoms with Gasteiger partial charge in [-0.05, 0) is 18.2 Å². The number of hydrogen-bond donors (Lipinski definition) is 1. The minimum atomic E-state index is -0.414. The number of nitrogens with one attached hydrogen (secondary N) is 1. The van der Waals surface area contributed by atoms with E-state index in [1.807, 2.05) is 42.5 Å². The fourth-order valence-corrected chi connectivity index (χ4v) is 2.62. The van der Waals surface area contributed by atoms with Crippen LogP contribution in [0.15, 0.2) is 83.5 Å². The van der Waals surface area contributed by atoms with Crippen LogP contribution in [-0.2, 0) is 0 Å². The smallest absolute Gasteiger partial charge is 0.294 e. The van der Waals surface area contributed by atoms with E-state index in [-0.39, 0.29) is 5.76 Å². The third-order valence-electron chi connectivity index (χ3n) is 4.06. The van der Waals surface area contributed by atoms with Gasteiger partial charge in [0, 0.05) is 23.8 Å². The van der Waals surface area contributed by atoms with Gasteiger partial charge in [-0.15, -0.1) is 0 Å². The van der Waals surface area contributed by atoms with E-state index < -0.39 is 5.91 Å². The second kappa shape index (κ2) is 8.26. The number of carbonyl (C=O) groups is 1. The summed E-state index contributed by atoms with van der Waals surface area (Å²) in [6, 6.07) is 21.6. The number of nitrogens with zero attached hydrogens (tertiary/aromatic N) is 2. The van der Waals surface area contributed by atoms with E-state index in [4.69, 9.17) is 14.0 Å². The van der Waals surface area contributed by atoms with E-state index in [2.05, 4.69) is 15.5 Å². The Kier molecular flexibility index (Phi) is 5.20. The molecule has 0 atom stereocenters. The number of pyridine rings is 1. The molecule has 7 nitrogen and oxygen atoms in total. The Morgan fingerprint density at radius 1 is 0.966 bits per heavy atom. The molecule has 4 aromatic rings. The van der Waals surface area contributed by atoms with Crippen molar-refractivity contribution in [3.8, 4) is 28.6 Å². The van der Waals surface area contributed by atoms with E-state index in [0.29, 0.717) is 28.8 Å². The van der Waals surface area contributed by atoms with Gasteiger partial charge < -0.3 is 19.3 Å². The zero-order valence-corrected chi connectivity index (χ0v) is 15.5. The highest BCUT2D eigenvalue weighted by Crippen LogP contribution is 2.25. The summed E-state index contributed by atoms with van der Waals surface area (Å²) >= 11 is 0. The quantitative estimate of drug-likeness (QED) is 0.512. The van der Waals surface area contributed by atoms with Crippen molar-refractivity contribution in [2.75, 3.05) is 12.4 Å². The Labute approximate surface area is 166 Å². The minimum absolute atomic E-state index is 0.112. The Morgan fingerprint density at radius 3 is 2.55 bits per heavy atom. The average Bonchev–Trinajstić information content (AvgIpc) is 3.26. The molecule has 0 radical (unpaired) electrons. The van der Waals surface area contributed by atoms with E-state index in [1.165, 1.54) is 6.20 Å². The summed E-state index contributed by atoms with van der Waals surface area (Å²) in [4.78, 5) is 16.6. The minimum Gasteiger partial charge on any atom is -0.497 e. The molecule has 4 rings (SSSR count). The predicted molar refractivity (Wildman–Crippen MR) is 107 cm³/mol. The van der Waals surface area contributed by atoms with Crippen molar-refractivity contribution >= 4 is 11.6 Å². The van der Waals surface area contributed by atoms with Crippen LogP contribution in [0.2, 0.25) is 0 Å². The number of benzene rings is 2. The van der Waals surface area contributed by atoms with Crippen molar-refractivity contribution in [2.45, 2.75) is 0 Å². The summed E-state index contributed by atoms with van der Waals surface area (Å²) in [5.74, 6) is 1.38.